The highest BCUT2D eigenvalue weighted by Gasteiger charge is 2.13. The predicted molar refractivity (Wildman–Crippen MR) is 48.9 cm³/mol. The van der Waals surface area contributed by atoms with Crippen molar-refractivity contribution in [2.24, 2.45) is 0 Å². The molecule has 0 bridgehead atoms. The van der Waals surface area contributed by atoms with E-state index in [1.165, 1.54) is 12.5 Å². The van der Waals surface area contributed by atoms with E-state index in [2.05, 4.69) is 4.98 Å². The van der Waals surface area contributed by atoms with Crippen LogP contribution in [0.2, 0.25) is 0 Å². The smallest absolute Gasteiger partial charge is 0.339 e. The number of aromatic carboxylic acids is 1. The monoisotopic (exact) mass is 189 g/mol. The minimum absolute atomic E-state index is 0.163. The minimum atomic E-state index is -0.995. The summed E-state index contributed by atoms with van der Waals surface area (Å²) in [5.74, 6) is -0.995. The Labute approximate surface area is 79.8 Å². The molecule has 0 aliphatic rings. The molecule has 0 aliphatic heterocycles. The Kier molecular flexibility index (Phi) is 2.02. The zero-order valence-corrected chi connectivity index (χ0v) is 7.18. The number of pyridine rings is 1. The SMILES string of the molecule is O=C(O)c1cocc1-c1ccncc1. The highest BCUT2D eigenvalue weighted by atomic mass is 16.4. The fourth-order valence-corrected chi connectivity index (χ4v) is 1.22. The molecule has 0 fully saturated rings. The van der Waals surface area contributed by atoms with Crippen LogP contribution >= 0.6 is 0 Å². The third kappa shape index (κ3) is 1.37. The molecule has 0 radical (unpaired) electrons. The summed E-state index contributed by atoms with van der Waals surface area (Å²) in [6.45, 7) is 0. The first-order valence-corrected chi connectivity index (χ1v) is 3.99. The van der Waals surface area contributed by atoms with Crippen molar-refractivity contribution in [3.05, 3.63) is 42.6 Å². The molecular formula is C10H7NO3. The Hall–Kier alpha value is -2.10. The Morgan fingerprint density at radius 3 is 2.64 bits per heavy atom. The average Bonchev–Trinajstić information content (AvgIpc) is 2.67. The van der Waals surface area contributed by atoms with E-state index in [0.29, 0.717) is 5.56 Å². The van der Waals surface area contributed by atoms with Gasteiger partial charge in [0.25, 0.3) is 0 Å². The molecule has 0 saturated heterocycles. The van der Waals surface area contributed by atoms with E-state index in [1.807, 2.05) is 0 Å². The number of nitrogens with zero attached hydrogens (tertiary/aromatic N) is 1. The van der Waals surface area contributed by atoms with Gasteiger partial charge in [-0.3, -0.25) is 4.98 Å². The third-order valence-electron chi connectivity index (χ3n) is 1.88. The zero-order valence-electron chi connectivity index (χ0n) is 7.18. The Bertz CT molecular complexity index is 447. The van der Waals surface area contributed by atoms with Crippen LogP contribution in [-0.4, -0.2) is 16.1 Å². The van der Waals surface area contributed by atoms with Crippen LogP contribution in [0.25, 0.3) is 11.1 Å². The number of aromatic nitrogens is 1. The van der Waals surface area contributed by atoms with Crippen LogP contribution in [0.3, 0.4) is 0 Å². The maximum atomic E-state index is 10.8. The first kappa shape index (κ1) is 8.50. The molecule has 2 aromatic heterocycles. The van der Waals surface area contributed by atoms with Gasteiger partial charge in [-0.2, -0.15) is 0 Å². The second-order valence-electron chi connectivity index (χ2n) is 2.74. The lowest BCUT2D eigenvalue weighted by Gasteiger charge is -1.97. The molecule has 0 aromatic carbocycles. The van der Waals surface area contributed by atoms with Crippen molar-refractivity contribution < 1.29 is 14.3 Å². The molecule has 0 spiro atoms. The van der Waals surface area contributed by atoms with Gasteiger partial charge in [-0.1, -0.05) is 0 Å². The summed E-state index contributed by atoms with van der Waals surface area (Å²) in [7, 11) is 0. The molecule has 70 valence electrons. The number of carboxylic acid groups (broad SMARTS) is 1. The Balaban J connectivity index is 2.52. The summed E-state index contributed by atoms with van der Waals surface area (Å²) in [5, 5.41) is 8.84. The molecule has 4 heteroatoms. The van der Waals surface area contributed by atoms with E-state index in [0.717, 1.165) is 5.56 Å². The van der Waals surface area contributed by atoms with Crippen molar-refractivity contribution in [3.8, 4) is 11.1 Å². The number of hydrogen-bond donors (Lipinski definition) is 1. The topological polar surface area (TPSA) is 63.3 Å². The summed E-state index contributed by atoms with van der Waals surface area (Å²) in [4.78, 5) is 14.6. The van der Waals surface area contributed by atoms with Gasteiger partial charge < -0.3 is 9.52 Å². The predicted octanol–water partition coefficient (Wildman–Crippen LogP) is 2.04. The third-order valence-corrected chi connectivity index (χ3v) is 1.88. The summed E-state index contributed by atoms with van der Waals surface area (Å²) in [6, 6.07) is 3.47. The van der Waals surface area contributed by atoms with Crippen LogP contribution in [0.15, 0.2) is 41.5 Å². The first-order valence-electron chi connectivity index (χ1n) is 3.99. The molecule has 14 heavy (non-hydrogen) atoms. The van der Waals surface area contributed by atoms with E-state index < -0.39 is 5.97 Å². The highest BCUT2D eigenvalue weighted by Crippen LogP contribution is 2.23. The van der Waals surface area contributed by atoms with Gasteiger partial charge in [0.2, 0.25) is 0 Å². The molecule has 2 rings (SSSR count). The first-order chi connectivity index (χ1) is 6.79. The standard InChI is InChI=1S/C10H7NO3/c12-10(13)9-6-14-5-8(9)7-1-3-11-4-2-7/h1-6H,(H,12,13). The van der Waals surface area contributed by atoms with Crippen LogP contribution in [0, 0.1) is 0 Å². The van der Waals surface area contributed by atoms with Crippen LogP contribution in [0.4, 0.5) is 0 Å². The number of hydrogen-bond acceptors (Lipinski definition) is 3. The quantitative estimate of drug-likeness (QED) is 0.785. The van der Waals surface area contributed by atoms with Crippen molar-refractivity contribution in [1.82, 2.24) is 4.98 Å². The lowest BCUT2D eigenvalue weighted by molar-refractivity contribution is 0.0697. The van der Waals surface area contributed by atoms with Crippen LogP contribution in [-0.2, 0) is 0 Å². The van der Waals surface area contributed by atoms with Crippen molar-refractivity contribution in [2.45, 2.75) is 0 Å². The maximum absolute atomic E-state index is 10.8. The summed E-state index contributed by atoms with van der Waals surface area (Å²) in [6.07, 6.45) is 5.85. The number of furan rings is 1. The van der Waals surface area contributed by atoms with Gasteiger partial charge in [0.05, 0.1) is 6.26 Å². The lowest BCUT2D eigenvalue weighted by Crippen LogP contribution is -1.95. The van der Waals surface area contributed by atoms with Gasteiger partial charge in [-0.15, -0.1) is 0 Å². The van der Waals surface area contributed by atoms with Gasteiger partial charge in [0.1, 0.15) is 11.8 Å². The van der Waals surface area contributed by atoms with Crippen LogP contribution in [0.1, 0.15) is 10.4 Å². The molecule has 2 heterocycles. The highest BCUT2D eigenvalue weighted by molar-refractivity contribution is 5.95. The molecule has 4 nitrogen and oxygen atoms in total. The van der Waals surface area contributed by atoms with Crippen LogP contribution < -0.4 is 0 Å². The molecule has 0 saturated carbocycles. The maximum Gasteiger partial charge on any atom is 0.339 e. The van der Waals surface area contributed by atoms with Gasteiger partial charge >= 0.3 is 5.97 Å². The number of carbonyl (C=O) groups is 1. The van der Waals surface area contributed by atoms with E-state index in [1.54, 1.807) is 24.5 Å². The van der Waals surface area contributed by atoms with E-state index in [4.69, 9.17) is 9.52 Å². The molecule has 0 atom stereocenters. The fraction of sp³-hybridized carbons (Fsp3) is 0. The average molecular weight is 189 g/mol. The summed E-state index contributed by atoms with van der Waals surface area (Å²) in [5.41, 5.74) is 1.52. The molecule has 0 unspecified atom stereocenters. The zero-order chi connectivity index (χ0) is 9.97. The van der Waals surface area contributed by atoms with Gasteiger partial charge in [-0.25, -0.2) is 4.79 Å². The fourth-order valence-electron chi connectivity index (χ4n) is 1.22. The molecule has 1 N–H and O–H groups in total. The number of carboxylic acids is 1. The van der Waals surface area contributed by atoms with Crippen LogP contribution in [0.5, 0.6) is 0 Å². The van der Waals surface area contributed by atoms with Gasteiger partial charge in [-0.05, 0) is 17.7 Å². The lowest BCUT2D eigenvalue weighted by atomic mass is 10.1. The largest absolute Gasteiger partial charge is 0.478 e. The minimum Gasteiger partial charge on any atom is -0.478 e. The van der Waals surface area contributed by atoms with E-state index >= 15 is 0 Å². The van der Waals surface area contributed by atoms with Crippen molar-refractivity contribution >= 4 is 5.97 Å². The second kappa shape index (κ2) is 3.33. The molecular weight excluding hydrogens is 182 g/mol. The molecule has 0 amide bonds. The van der Waals surface area contributed by atoms with Crippen molar-refractivity contribution in [1.29, 1.82) is 0 Å². The summed E-state index contributed by atoms with van der Waals surface area (Å²) < 4.78 is 4.86. The van der Waals surface area contributed by atoms with E-state index in [-0.39, 0.29) is 5.56 Å². The van der Waals surface area contributed by atoms with Crippen molar-refractivity contribution in [2.75, 3.05) is 0 Å². The Morgan fingerprint density at radius 2 is 2.00 bits per heavy atom. The summed E-state index contributed by atoms with van der Waals surface area (Å²) >= 11 is 0. The number of rotatable bonds is 2. The second-order valence-corrected chi connectivity index (χ2v) is 2.74. The molecule has 0 aliphatic carbocycles. The van der Waals surface area contributed by atoms with E-state index in [9.17, 15) is 4.79 Å². The Morgan fingerprint density at radius 1 is 1.29 bits per heavy atom. The normalized spacial score (nSPS) is 10.0. The van der Waals surface area contributed by atoms with Gasteiger partial charge in [0, 0.05) is 18.0 Å². The van der Waals surface area contributed by atoms with Crippen molar-refractivity contribution in [3.63, 3.8) is 0 Å². The van der Waals surface area contributed by atoms with Gasteiger partial charge in [0.15, 0.2) is 0 Å². The molecule has 2 aromatic rings.